The molecule has 3 aromatic rings. The van der Waals surface area contributed by atoms with E-state index in [9.17, 15) is 4.79 Å². The first-order chi connectivity index (χ1) is 13.5. The third kappa shape index (κ3) is 4.68. The molecule has 0 saturated heterocycles. The summed E-state index contributed by atoms with van der Waals surface area (Å²) in [5, 5.41) is 10.8. The smallest absolute Gasteiger partial charge is 0.335 e. The first-order valence-corrected chi connectivity index (χ1v) is 9.53. The number of ether oxygens (including phenoxy) is 1. The van der Waals surface area contributed by atoms with Crippen molar-refractivity contribution in [2.45, 2.75) is 13.5 Å². The fraction of sp³-hybridized carbons (Fsp3) is 0.273. The number of pyridine rings is 1. The molecule has 0 amide bonds. The molecule has 0 aliphatic rings. The van der Waals surface area contributed by atoms with Crippen LogP contribution in [0.25, 0.3) is 22.2 Å². The molecule has 0 saturated carbocycles. The van der Waals surface area contributed by atoms with Crippen molar-refractivity contribution >= 4 is 28.5 Å². The van der Waals surface area contributed by atoms with Crippen LogP contribution in [0.4, 0.5) is 0 Å². The molecule has 0 aliphatic heterocycles. The van der Waals surface area contributed by atoms with Crippen LogP contribution in [0.5, 0.6) is 0 Å². The van der Waals surface area contributed by atoms with Crippen molar-refractivity contribution in [3.8, 4) is 11.3 Å². The predicted molar refractivity (Wildman–Crippen MR) is 112 cm³/mol. The van der Waals surface area contributed by atoms with Gasteiger partial charge in [0, 0.05) is 36.2 Å². The quantitative estimate of drug-likeness (QED) is 0.594. The second-order valence-electron chi connectivity index (χ2n) is 6.57. The van der Waals surface area contributed by atoms with Gasteiger partial charge in [0.2, 0.25) is 0 Å². The minimum atomic E-state index is -0.942. The number of aromatic carboxylic acids is 1. The van der Waals surface area contributed by atoms with Crippen molar-refractivity contribution in [1.29, 1.82) is 0 Å². The zero-order chi connectivity index (χ0) is 20.1. The molecule has 1 heterocycles. The van der Waals surface area contributed by atoms with Gasteiger partial charge in [0.1, 0.15) is 0 Å². The van der Waals surface area contributed by atoms with E-state index in [1.165, 1.54) is 0 Å². The number of fused-ring (bicyclic) bond motifs is 1. The Morgan fingerprint density at radius 2 is 1.93 bits per heavy atom. The standard InChI is InChI=1S/C22H23ClN2O3/c1-3-25(10-11-28-2)14-17-12-20(15-4-6-16(7-5-15)22(26)27)24-21-13-18(23)8-9-19(17)21/h4-9,12-13H,3,10-11,14H2,1-2H3,(H,26,27). The van der Waals surface area contributed by atoms with Crippen LogP contribution in [0.3, 0.4) is 0 Å². The summed E-state index contributed by atoms with van der Waals surface area (Å²) < 4.78 is 5.22. The maximum atomic E-state index is 11.1. The molecule has 3 rings (SSSR count). The fourth-order valence-electron chi connectivity index (χ4n) is 3.15. The molecule has 146 valence electrons. The molecule has 5 nitrogen and oxygen atoms in total. The summed E-state index contributed by atoms with van der Waals surface area (Å²) in [6.07, 6.45) is 0. The van der Waals surface area contributed by atoms with Crippen molar-refractivity contribution in [3.05, 3.63) is 64.7 Å². The van der Waals surface area contributed by atoms with Crippen molar-refractivity contribution in [3.63, 3.8) is 0 Å². The van der Waals surface area contributed by atoms with Gasteiger partial charge in [-0.05, 0) is 42.4 Å². The molecule has 1 aromatic heterocycles. The molecule has 28 heavy (non-hydrogen) atoms. The van der Waals surface area contributed by atoms with Crippen LogP contribution in [-0.2, 0) is 11.3 Å². The van der Waals surface area contributed by atoms with Crippen LogP contribution in [0.2, 0.25) is 5.02 Å². The lowest BCUT2D eigenvalue weighted by Gasteiger charge is -2.21. The van der Waals surface area contributed by atoms with Crippen LogP contribution >= 0.6 is 11.6 Å². The van der Waals surface area contributed by atoms with Gasteiger partial charge in [0.25, 0.3) is 0 Å². The highest BCUT2D eigenvalue weighted by Crippen LogP contribution is 2.28. The number of hydrogen-bond donors (Lipinski definition) is 1. The Kier molecular flexibility index (Phi) is 6.62. The molecule has 6 heteroatoms. The summed E-state index contributed by atoms with van der Waals surface area (Å²) in [6, 6.07) is 14.6. The number of nitrogens with zero attached hydrogens (tertiary/aromatic N) is 2. The van der Waals surface area contributed by atoms with Crippen molar-refractivity contribution in [2.75, 3.05) is 26.8 Å². The number of carboxylic acids is 1. The summed E-state index contributed by atoms with van der Waals surface area (Å²) in [4.78, 5) is 18.2. The van der Waals surface area contributed by atoms with Crippen molar-refractivity contribution in [1.82, 2.24) is 9.88 Å². The minimum absolute atomic E-state index is 0.254. The Bertz CT molecular complexity index is 973. The normalized spacial score (nSPS) is 11.3. The van der Waals surface area contributed by atoms with E-state index < -0.39 is 5.97 Å². The van der Waals surface area contributed by atoms with E-state index in [0.717, 1.165) is 47.4 Å². The van der Waals surface area contributed by atoms with E-state index in [4.69, 9.17) is 26.4 Å². The lowest BCUT2D eigenvalue weighted by atomic mass is 10.0. The minimum Gasteiger partial charge on any atom is -0.478 e. The summed E-state index contributed by atoms with van der Waals surface area (Å²) >= 11 is 6.19. The van der Waals surface area contributed by atoms with E-state index in [1.54, 1.807) is 31.4 Å². The molecule has 2 aromatic carbocycles. The molecule has 0 radical (unpaired) electrons. The second-order valence-corrected chi connectivity index (χ2v) is 7.01. The highest BCUT2D eigenvalue weighted by atomic mass is 35.5. The van der Waals surface area contributed by atoms with E-state index in [-0.39, 0.29) is 5.56 Å². The van der Waals surface area contributed by atoms with Gasteiger partial charge in [-0.3, -0.25) is 4.90 Å². The highest BCUT2D eigenvalue weighted by Gasteiger charge is 2.12. The van der Waals surface area contributed by atoms with Crippen LogP contribution in [0.1, 0.15) is 22.8 Å². The summed E-state index contributed by atoms with van der Waals surface area (Å²) in [7, 11) is 1.70. The number of benzene rings is 2. The number of hydrogen-bond acceptors (Lipinski definition) is 4. The lowest BCUT2D eigenvalue weighted by molar-refractivity contribution is 0.0697. The fourth-order valence-corrected chi connectivity index (χ4v) is 3.31. The van der Waals surface area contributed by atoms with Gasteiger partial charge >= 0.3 is 5.97 Å². The third-order valence-corrected chi connectivity index (χ3v) is 4.97. The van der Waals surface area contributed by atoms with Gasteiger partial charge in [-0.15, -0.1) is 0 Å². The van der Waals surface area contributed by atoms with E-state index in [0.29, 0.717) is 11.6 Å². The topological polar surface area (TPSA) is 62.7 Å². The molecule has 0 atom stereocenters. The van der Waals surface area contributed by atoms with Crippen LogP contribution < -0.4 is 0 Å². The molecule has 0 bridgehead atoms. The average Bonchev–Trinajstić information content (AvgIpc) is 2.70. The predicted octanol–water partition coefficient (Wildman–Crippen LogP) is 4.72. The first kappa shape index (κ1) is 20.3. The summed E-state index contributed by atoms with van der Waals surface area (Å²) in [5.74, 6) is -0.942. The summed E-state index contributed by atoms with van der Waals surface area (Å²) in [5.41, 5.74) is 3.89. The van der Waals surface area contributed by atoms with Crippen molar-refractivity contribution in [2.24, 2.45) is 0 Å². The van der Waals surface area contributed by atoms with E-state index >= 15 is 0 Å². The molecule has 0 fully saturated rings. The SMILES string of the molecule is CCN(CCOC)Cc1cc(-c2ccc(C(=O)O)cc2)nc2cc(Cl)ccc12. The van der Waals surface area contributed by atoms with Crippen LogP contribution in [0, 0.1) is 0 Å². The summed E-state index contributed by atoms with van der Waals surface area (Å²) in [6.45, 7) is 5.31. The Morgan fingerprint density at radius 1 is 1.18 bits per heavy atom. The van der Waals surface area contributed by atoms with Gasteiger partial charge in [0.05, 0.1) is 23.4 Å². The molecular formula is C22H23ClN2O3. The Labute approximate surface area is 169 Å². The van der Waals surface area contributed by atoms with Crippen LogP contribution in [0.15, 0.2) is 48.5 Å². The number of rotatable bonds is 8. The molecule has 0 aliphatic carbocycles. The number of likely N-dealkylation sites (N-methyl/N-ethyl adjacent to an activating group) is 1. The average molecular weight is 399 g/mol. The third-order valence-electron chi connectivity index (χ3n) is 4.74. The number of aromatic nitrogens is 1. The zero-order valence-corrected chi connectivity index (χ0v) is 16.7. The number of carbonyl (C=O) groups is 1. The molecular weight excluding hydrogens is 376 g/mol. The van der Waals surface area contributed by atoms with Crippen molar-refractivity contribution < 1.29 is 14.6 Å². The largest absolute Gasteiger partial charge is 0.478 e. The number of halogens is 1. The number of carboxylic acid groups (broad SMARTS) is 1. The second kappa shape index (κ2) is 9.15. The molecule has 0 unspecified atom stereocenters. The lowest BCUT2D eigenvalue weighted by Crippen LogP contribution is -2.26. The Balaban J connectivity index is 2.04. The highest BCUT2D eigenvalue weighted by molar-refractivity contribution is 6.31. The van der Waals surface area contributed by atoms with Gasteiger partial charge in [-0.2, -0.15) is 0 Å². The van der Waals surface area contributed by atoms with Gasteiger partial charge < -0.3 is 9.84 Å². The Morgan fingerprint density at radius 3 is 2.57 bits per heavy atom. The van der Waals surface area contributed by atoms with Gasteiger partial charge in [-0.1, -0.05) is 36.7 Å². The van der Waals surface area contributed by atoms with E-state index in [2.05, 4.69) is 17.9 Å². The monoisotopic (exact) mass is 398 g/mol. The van der Waals surface area contributed by atoms with Crippen LogP contribution in [-0.4, -0.2) is 47.8 Å². The first-order valence-electron chi connectivity index (χ1n) is 9.16. The van der Waals surface area contributed by atoms with Gasteiger partial charge in [-0.25, -0.2) is 9.78 Å². The zero-order valence-electron chi connectivity index (χ0n) is 16.0. The Hall–Kier alpha value is -2.47. The number of methoxy groups -OCH3 is 1. The van der Waals surface area contributed by atoms with E-state index in [1.807, 2.05) is 18.2 Å². The van der Waals surface area contributed by atoms with Gasteiger partial charge in [0.15, 0.2) is 0 Å². The molecule has 0 spiro atoms. The molecule has 1 N–H and O–H groups in total. The maximum Gasteiger partial charge on any atom is 0.335 e. The maximum absolute atomic E-state index is 11.1.